The van der Waals surface area contributed by atoms with Crippen molar-refractivity contribution in [2.75, 3.05) is 39.6 Å². The Morgan fingerprint density at radius 1 is 0.740 bits per heavy atom. The van der Waals surface area contributed by atoms with E-state index in [9.17, 15) is 5.11 Å². The maximum absolute atomic E-state index is 11.6. The number of halogens is 2. The third kappa shape index (κ3) is 11.1. The van der Waals surface area contributed by atoms with Crippen LogP contribution in [-0.4, -0.2) is 125 Å². The van der Waals surface area contributed by atoms with Crippen molar-refractivity contribution in [3.8, 4) is 51.4 Å². The van der Waals surface area contributed by atoms with Gasteiger partial charge in [-0.1, -0.05) is 109 Å². The Bertz CT molecular complexity index is 3000. The molecule has 4 N–H and O–H groups in total. The van der Waals surface area contributed by atoms with E-state index in [-0.39, 0.29) is 37.3 Å². The summed E-state index contributed by atoms with van der Waals surface area (Å²) in [5, 5.41) is 12.6. The Kier molecular flexibility index (Phi) is 15.0. The molecule has 4 aliphatic rings. The molecule has 8 atom stereocenters. The van der Waals surface area contributed by atoms with Crippen molar-refractivity contribution in [2.45, 2.75) is 107 Å². The van der Waals surface area contributed by atoms with E-state index in [4.69, 9.17) is 81.8 Å². The van der Waals surface area contributed by atoms with Crippen LogP contribution in [0.25, 0.3) is 56.0 Å². The number of aromatic amines is 1. The Labute approximate surface area is 434 Å². The van der Waals surface area contributed by atoms with E-state index < -0.39 is 26.4 Å². The molecule has 19 heteroatoms. The second-order valence-corrected chi connectivity index (χ2v) is 26.2. The van der Waals surface area contributed by atoms with Crippen LogP contribution < -0.4 is 19.9 Å². The topological polar surface area (TPSA) is 192 Å². The number of rotatable bonds is 19. The number of pyridine rings is 2. The second-order valence-electron chi connectivity index (χ2n) is 20.2. The lowest BCUT2D eigenvalue weighted by Crippen LogP contribution is -2.38. The summed E-state index contributed by atoms with van der Waals surface area (Å²) in [6.07, 6.45) is 1.89. The first-order valence-electron chi connectivity index (χ1n) is 25.4. The lowest BCUT2D eigenvalue weighted by molar-refractivity contribution is -0.202. The number of aliphatic hydroxyl groups excluding tert-OH is 1. The summed E-state index contributed by atoms with van der Waals surface area (Å²) in [6.45, 7) is 7.65. The molecule has 7 heterocycles. The maximum Gasteiger partial charge on any atom is 0.301 e. The van der Waals surface area contributed by atoms with E-state index in [2.05, 4.69) is 23.1 Å². The maximum atomic E-state index is 11.6. The van der Waals surface area contributed by atoms with E-state index in [0.717, 1.165) is 72.2 Å². The van der Waals surface area contributed by atoms with Gasteiger partial charge in [0.2, 0.25) is 0 Å². The van der Waals surface area contributed by atoms with Gasteiger partial charge in [0.1, 0.15) is 43.5 Å². The molecule has 0 radical (unpaired) electrons. The zero-order valence-corrected chi connectivity index (χ0v) is 43.5. The number of nitrogens with zero attached hydrogens (tertiary/aromatic N) is 5. The van der Waals surface area contributed by atoms with Gasteiger partial charge in [-0.25, -0.2) is 9.97 Å². The van der Waals surface area contributed by atoms with Crippen LogP contribution in [0.15, 0.2) is 91.0 Å². The predicted octanol–water partition coefficient (Wildman–Crippen LogP) is 9.71. The highest BCUT2D eigenvalue weighted by molar-refractivity contribution is 6.77. The third-order valence-corrected chi connectivity index (χ3v) is 18.2. The summed E-state index contributed by atoms with van der Waals surface area (Å²) in [4.78, 5) is 22.5. The first-order chi connectivity index (χ1) is 35.6. The van der Waals surface area contributed by atoms with Gasteiger partial charge < -0.3 is 53.7 Å². The summed E-state index contributed by atoms with van der Waals surface area (Å²) >= 11 is 13.7. The number of aliphatic hydroxyl groups is 1. The highest BCUT2D eigenvalue weighted by atomic mass is 35.5. The van der Waals surface area contributed by atoms with E-state index >= 15 is 0 Å². The highest BCUT2D eigenvalue weighted by Crippen LogP contribution is 2.39. The van der Waals surface area contributed by atoms with Gasteiger partial charge in [0.05, 0.1) is 51.8 Å². The number of imidazole rings is 2. The van der Waals surface area contributed by atoms with E-state index in [1.807, 2.05) is 95.6 Å². The minimum atomic E-state index is -1.89. The van der Waals surface area contributed by atoms with Crippen molar-refractivity contribution in [1.82, 2.24) is 29.5 Å². The van der Waals surface area contributed by atoms with Crippen molar-refractivity contribution in [3.05, 3.63) is 101 Å². The molecule has 16 nitrogen and oxygen atoms in total. The number of H-pyrrole nitrogens is 1. The highest BCUT2D eigenvalue weighted by Gasteiger charge is 2.51. The average Bonchev–Trinajstić information content (AvgIpc) is 4.24. The van der Waals surface area contributed by atoms with Crippen LogP contribution in [0.1, 0.15) is 32.1 Å². The zero-order valence-electron chi connectivity index (χ0n) is 41.0. The summed E-state index contributed by atoms with van der Waals surface area (Å²) in [5.74, 6) is 0.867. The van der Waals surface area contributed by atoms with E-state index in [1.54, 1.807) is 0 Å². The van der Waals surface area contributed by atoms with Crippen molar-refractivity contribution in [3.63, 3.8) is 0 Å². The number of nitrogens with one attached hydrogen (secondary N) is 1. The standard InChI is InChI=1S/C54H61Cl2N7O9Si/c1-73(2,30-36-17-20-42(48(36)64)71-53-58-40-26-38(55)46(59-51(40)61-53)34-8-4-3-5-9-34)25-24-65-31-63-41-27-39(56)47(35-13-11-32(12-14-35)33-15-18-37(19-16-33)66-23-21-57)60-52(41)62-54(63)72-44-29-69-49-43(28-68-50(44)49)70-45-10-6-7-22-67-45/h3-5,8-9,11-16,18-19,26-27,36,42-45,48-50,64H,6-7,10,17,20-25,28-31,57H2,1-2H3,(H,58,59,61)/t36?,42-,43-,44-,45?,48-,49-,50-/m1/s1. The van der Waals surface area contributed by atoms with Crippen LogP contribution in [0.4, 0.5) is 0 Å². The van der Waals surface area contributed by atoms with Crippen LogP contribution in [0.3, 0.4) is 0 Å². The zero-order chi connectivity index (χ0) is 50.1. The predicted molar refractivity (Wildman–Crippen MR) is 281 cm³/mol. The van der Waals surface area contributed by atoms with Gasteiger partial charge >= 0.3 is 6.01 Å². The smallest absolute Gasteiger partial charge is 0.301 e. The van der Waals surface area contributed by atoms with Crippen LogP contribution in [-0.2, 0) is 30.4 Å². The van der Waals surface area contributed by atoms with Crippen LogP contribution in [0.5, 0.6) is 17.8 Å². The molecular formula is C54H61Cl2N7O9Si. The number of hydrogen-bond donors (Lipinski definition) is 3. The number of nitrogens with two attached hydrogens (primary N) is 1. The molecular weight excluding hydrogens is 990 g/mol. The second kappa shape index (κ2) is 22.0. The summed E-state index contributed by atoms with van der Waals surface area (Å²) in [5.41, 5.74) is 13.0. The first-order valence-corrected chi connectivity index (χ1v) is 29.5. The number of aromatic nitrogens is 6. The molecule has 2 unspecified atom stereocenters. The average molecular weight is 1050 g/mol. The molecule has 3 aromatic carbocycles. The van der Waals surface area contributed by atoms with Crippen molar-refractivity contribution in [1.29, 1.82) is 0 Å². The van der Waals surface area contributed by atoms with Crippen molar-refractivity contribution in [2.24, 2.45) is 11.7 Å². The molecule has 0 spiro atoms. The van der Waals surface area contributed by atoms with Gasteiger partial charge in [-0.05, 0) is 79.5 Å². The number of hydrogen-bond acceptors (Lipinski definition) is 14. The molecule has 4 aromatic heterocycles. The fraction of sp³-hybridized carbons (Fsp3) is 0.444. The molecule has 11 rings (SSSR count). The molecule has 3 aliphatic heterocycles. The molecule has 73 heavy (non-hydrogen) atoms. The normalized spacial score (nSPS) is 24.1. The Morgan fingerprint density at radius 2 is 1.44 bits per heavy atom. The van der Waals surface area contributed by atoms with Crippen LogP contribution in [0, 0.1) is 5.92 Å². The number of benzene rings is 3. The third-order valence-electron chi connectivity index (χ3n) is 14.4. The van der Waals surface area contributed by atoms with Gasteiger partial charge in [-0.2, -0.15) is 9.97 Å². The van der Waals surface area contributed by atoms with Gasteiger partial charge in [-0.3, -0.25) is 4.57 Å². The molecule has 3 saturated heterocycles. The van der Waals surface area contributed by atoms with E-state index in [0.29, 0.717) is 95.4 Å². The molecule has 1 saturated carbocycles. The Hall–Kier alpha value is -5.18. The van der Waals surface area contributed by atoms with E-state index in [1.165, 1.54) is 0 Å². The summed E-state index contributed by atoms with van der Waals surface area (Å²) in [7, 11) is -1.89. The molecule has 7 aromatic rings. The van der Waals surface area contributed by atoms with Gasteiger partial charge in [0.25, 0.3) is 6.01 Å². The van der Waals surface area contributed by atoms with Gasteiger partial charge in [0, 0.05) is 39.0 Å². The monoisotopic (exact) mass is 1050 g/mol. The molecule has 384 valence electrons. The minimum Gasteiger partial charge on any atom is -0.492 e. The largest absolute Gasteiger partial charge is 0.492 e. The Balaban J connectivity index is 0.756. The van der Waals surface area contributed by atoms with Crippen molar-refractivity contribution < 1.29 is 43.0 Å². The Morgan fingerprint density at radius 3 is 2.19 bits per heavy atom. The molecule has 1 aliphatic carbocycles. The van der Waals surface area contributed by atoms with Gasteiger partial charge in [0.15, 0.2) is 23.7 Å². The van der Waals surface area contributed by atoms with Crippen molar-refractivity contribution >= 4 is 53.6 Å². The SMILES string of the molecule is C[Si](C)(CCOCn1c(O[C@@H]2CO[C@H]3[C@@H]2OC[C@H]3OC2CCCCO2)nc2nc(-c3ccc(-c4ccc(OCCN)cc4)cc3)c(Cl)cc21)CC1CC[C@@H](Oc2nc3nc(-c4ccccc4)c(Cl)cc3[nH]2)[C@@H]1O. The van der Waals surface area contributed by atoms with Gasteiger partial charge in [-0.15, -0.1) is 0 Å². The van der Waals surface area contributed by atoms with Crippen LogP contribution >= 0.6 is 23.2 Å². The van der Waals surface area contributed by atoms with Crippen LogP contribution in [0.2, 0.25) is 35.2 Å². The number of ether oxygens (including phenoxy) is 8. The quantitative estimate of drug-likeness (QED) is 0.0512. The summed E-state index contributed by atoms with van der Waals surface area (Å²) < 4.78 is 51.8. The fourth-order valence-electron chi connectivity index (χ4n) is 10.5. The first kappa shape index (κ1) is 50.0. The molecule has 0 bridgehead atoms. The summed E-state index contributed by atoms with van der Waals surface area (Å²) in [6, 6.07) is 32.0. The molecule has 0 amide bonds. The lowest BCUT2D eigenvalue weighted by Gasteiger charge is -2.28. The lowest BCUT2D eigenvalue weighted by atomic mass is 10.0. The minimum absolute atomic E-state index is 0.0909. The fourth-order valence-corrected chi connectivity index (χ4v) is 13.8. The molecule has 4 fully saturated rings. The number of fused-ring (bicyclic) bond motifs is 3.